The van der Waals surface area contributed by atoms with Crippen LogP contribution in [-0.4, -0.2) is 9.78 Å². The molecule has 18 heavy (non-hydrogen) atoms. The van der Waals surface area contributed by atoms with Gasteiger partial charge in [0.1, 0.15) is 0 Å². The maximum atomic E-state index is 13.1. The van der Waals surface area contributed by atoms with Crippen LogP contribution >= 0.6 is 15.9 Å². The van der Waals surface area contributed by atoms with E-state index in [1.807, 2.05) is 0 Å². The van der Waals surface area contributed by atoms with E-state index in [9.17, 15) is 8.78 Å². The maximum Gasteiger partial charge on any atom is 0.159 e. The van der Waals surface area contributed by atoms with Crippen molar-refractivity contribution in [2.75, 3.05) is 0 Å². The summed E-state index contributed by atoms with van der Waals surface area (Å²) in [6.45, 7) is 0. The number of nitrogens with zero attached hydrogens (tertiary/aromatic N) is 2. The van der Waals surface area contributed by atoms with E-state index in [0.717, 1.165) is 16.2 Å². The second kappa shape index (κ2) is 5.16. The predicted molar refractivity (Wildman–Crippen MR) is 67.9 cm³/mol. The Balaban J connectivity index is 2.21. The van der Waals surface area contributed by atoms with Crippen LogP contribution < -0.4 is 5.73 Å². The Morgan fingerprint density at radius 2 is 2.11 bits per heavy atom. The zero-order valence-electron chi connectivity index (χ0n) is 9.70. The summed E-state index contributed by atoms with van der Waals surface area (Å²) in [6.07, 6.45) is 2.07. The lowest BCUT2D eigenvalue weighted by molar-refractivity contribution is 0.505. The second-order valence-corrected chi connectivity index (χ2v) is 4.91. The van der Waals surface area contributed by atoms with Crippen LogP contribution in [0, 0.1) is 11.6 Å². The Morgan fingerprint density at radius 1 is 1.39 bits per heavy atom. The molecule has 1 aromatic carbocycles. The summed E-state index contributed by atoms with van der Waals surface area (Å²) in [7, 11) is 1.78. The first-order valence-corrected chi connectivity index (χ1v) is 6.15. The van der Waals surface area contributed by atoms with Crippen molar-refractivity contribution in [3.05, 3.63) is 51.8 Å². The van der Waals surface area contributed by atoms with Gasteiger partial charge in [0.15, 0.2) is 11.6 Å². The SMILES string of the molecule is Cn1ncc(Br)c1C(N)Cc1ccc(F)c(F)c1. The summed E-state index contributed by atoms with van der Waals surface area (Å²) >= 11 is 3.36. The van der Waals surface area contributed by atoms with Crippen molar-refractivity contribution in [2.24, 2.45) is 12.8 Å². The number of rotatable bonds is 3. The molecule has 0 bridgehead atoms. The zero-order chi connectivity index (χ0) is 13.3. The Hall–Kier alpha value is -1.27. The van der Waals surface area contributed by atoms with Crippen molar-refractivity contribution in [3.63, 3.8) is 0 Å². The van der Waals surface area contributed by atoms with Gasteiger partial charge >= 0.3 is 0 Å². The molecule has 1 aromatic heterocycles. The summed E-state index contributed by atoms with van der Waals surface area (Å²) in [5, 5.41) is 4.07. The average molecular weight is 316 g/mol. The minimum atomic E-state index is -0.858. The van der Waals surface area contributed by atoms with Gasteiger partial charge in [0.2, 0.25) is 0 Å². The quantitative estimate of drug-likeness (QED) is 0.946. The molecule has 0 fully saturated rings. The van der Waals surface area contributed by atoms with E-state index in [1.54, 1.807) is 17.9 Å². The maximum absolute atomic E-state index is 13.1. The Morgan fingerprint density at radius 3 is 2.67 bits per heavy atom. The van der Waals surface area contributed by atoms with Gasteiger partial charge in [-0.1, -0.05) is 6.07 Å². The molecule has 0 aliphatic heterocycles. The van der Waals surface area contributed by atoms with E-state index in [0.29, 0.717) is 12.0 Å². The second-order valence-electron chi connectivity index (χ2n) is 4.06. The molecule has 2 aromatic rings. The molecule has 0 aliphatic rings. The summed E-state index contributed by atoms with van der Waals surface area (Å²) < 4.78 is 28.4. The van der Waals surface area contributed by atoms with E-state index in [-0.39, 0.29) is 6.04 Å². The van der Waals surface area contributed by atoms with Gasteiger partial charge in [-0.05, 0) is 40.0 Å². The molecule has 6 heteroatoms. The van der Waals surface area contributed by atoms with Crippen LogP contribution in [-0.2, 0) is 13.5 Å². The molecule has 1 heterocycles. The lowest BCUT2D eigenvalue weighted by Gasteiger charge is -2.13. The zero-order valence-corrected chi connectivity index (χ0v) is 11.3. The van der Waals surface area contributed by atoms with Crippen LogP contribution in [0.15, 0.2) is 28.9 Å². The first kappa shape index (κ1) is 13.2. The Labute approximate surface area is 112 Å². The van der Waals surface area contributed by atoms with Crippen LogP contribution in [0.4, 0.5) is 8.78 Å². The fourth-order valence-corrected chi connectivity index (χ4v) is 2.50. The molecule has 0 spiro atoms. The van der Waals surface area contributed by atoms with Crippen LogP contribution in [0.2, 0.25) is 0 Å². The first-order valence-electron chi connectivity index (χ1n) is 5.36. The monoisotopic (exact) mass is 315 g/mol. The highest BCUT2D eigenvalue weighted by atomic mass is 79.9. The number of aryl methyl sites for hydroxylation is 1. The van der Waals surface area contributed by atoms with Crippen molar-refractivity contribution >= 4 is 15.9 Å². The minimum Gasteiger partial charge on any atom is -0.322 e. The van der Waals surface area contributed by atoms with Crippen LogP contribution in [0.1, 0.15) is 17.3 Å². The van der Waals surface area contributed by atoms with Crippen molar-refractivity contribution in [1.82, 2.24) is 9.78 Å². The van der Waals surface area contributed by atoms with E-state index in [4.69, 9.17) is 5.73 Å². The number of hydrogen-bond donors (Lipinski definition) is 1. The molecular weight excluding hydrogens is 304 g/mol. The lowest BCUT2D eigenvalue weighted by Crippen LogP contribution is -2.17. The van der Waals surface area contributed by atoms with Crippen molar-refractivity contribution < 1.29 is 8.78 Å². The van der Waals surface area contributed by atoms with Gasteiger partial charge in [-0.2, -0.15) is 5.10 Å². The van der Waals surface area contributed by atoms with E-state index in [2.05, 4.69) is 21.0 Å². The minimum absolute atomic E-state index is 0.336. The molecule has 0 aliphatic carbocycles. The molecule has 1 atom stereocenters. The van der Waals surface area contributed by atoms with Gasteiger partial charge in [-0.25, -0.2) is 8.78 Å². The standard InChI is InChI=1S/C12H12BrF2N3/c1-18-12(8(13)6-17-18)11(16)5-7-2-3-9(14)10(15)4-7/h2-4,6,11H,5,16H2,1H3. The molecule has 0 saturated heterocycles. The first-order chi connectivity index (χ1) is 8.49. The molecule has 0 amide bonds. The molecule has 0 saturated carbocycles. The van der Waals surface area contributed by atoms with Crippen molar-refractivity contribution in [2.45, 2.75) is 12.5 Å². The van der Waals surface area contributed by atoms with Gasteiger partial charge in [0.25, 0.3) is 0 Å². The van der Waals surface area contributed by atoms with E-state index < -0.39 is 11.6 Å². The molecule has 2 rings (SSSR count). The largest absolute Gasteiger partial charge is 0.322 e. The molecular formula is C12H12BrF2N3. The molecule has 2 N–H and O–H groups in total. The van der Waals surface area contributed by atoms with Crippen LogP contribution in [0.5, 0.6) is 0 Å². The average Bonchev–Trinajstić information content (AvgIpc) is 2.64. The number of benzene rings is 1. The van der Waals surface area contributed by atoms with Gasteiger partial charge < -0.3 is 5.73 Å². The van der Waals surface area contributed by atoms with E-state index in [1.165, 1.54) is 12.1 Å². The van der Waals surface area contributed by atoms with Crippen molar-refractivity contribution in [3.8, 4) is 0 Å². The molecule has 96 valence electrons. The fourth-order valence-electron chi connectivity index (χ4n) is 1.85. The fraction of sp³-hybridized carbons (Fsp3) is 0.250. The number of halogens is 3. The third-order valence-corrected chi connectivity index (χ3v) is 3.34. The summed E-state index contributed by atoms with van der Waals surface area (Å²) in [5.41, 5.74) is 7.52. The predicted octanol–water partition coefficient (Wildman–Crippen LogP) is 2.70. The summed E-state index contributed by atoms with van der Waals surface area (Å²) in [6, 6.07) is 3.47. The normalized spacial score (nSPS) is 12.7. The third kappa shape index (κ3) is 2.59. The van der Waals surface area contributed by atoms with Gasteiger partial charge in [-0.3, -0.25) is 4.68 Å². The number of nitrogens with two attached hydrogens (primary N) is 1. The third-order valence-electron chi connectivity index (χ3n) is 2.73. The molecule has 3 nitrogen and oxygen atoms in total. The van der Waals surface area contributed by atoms with Crippen LogP contribution in [0.3, 0.4) is 0 Å². The smallest absolute Gasteiger partial charge is 0.159 e. The summed E-state index contributed by atoms with van der Waals surface area (Å²) in [5.74, 6) is -1.71. The number of hydrogen-bond acceptors (Lipinski definition) is 2. The highest BCUT2D eigenvalue weighted by Gasteiger charge is 2.16. The Kier molecular flexibility index (Phi) is 3.77. The Bertz CT molecular complexity index is 549. The van der Waals surface area contributed by atoms with Gasteiger partial charge in [-0.15, -0.1) is 0 Å². The van der Waals surface area contributed by atoms with E-state index >= 15 is 0 Å². The highest BCUT2D eigenvalue weighted by Crippen LogP contribution is 2.24. The van der Waals surface area contributed by atoms with Crippen molar-refractivity contribution in [1.29, 1.82) is 0 Å². The molecule has 1 unspecified atom stereocenters. The van der Waals surface area contributed by atoms with Gasteiger partial charge in [0, 0.05) is 7.05 Å². The lowest BCUT2D eigenvalue weighted by atomic mass is 10.0. The summed E-state index contributed by atoms with van der Waals surface area (Å²) in [4.78, 5) is 0. The van der Waals surface area contributed by atoms with Crippen LogP contribution in [0.25, 0.3) is 0 Å². The number of aromatic nitrogens is 2. The topological polar surface area (TPSA) is 43.8 Å². The van der Waals surface area contributed by atoms with Gasteiger partial charge in [0.05, 0.1) is 22.4 Å². The highest BCUT2D eigenvalue weighted by molar-refractivity contribution is 9.10. The molecule has 0 radical (unpaired) electrons.